The van der Waals surface area contributed by atoms with Crippen LogP contribution in [0.5, 0.6) is 0 Å². The SMILES string of the molecule is CCN(CC)C(=O)[C@@H](NC(=O)c1cnc2cc(NC(=O)c3ccccc3-c3ccc(C(F)(F)F)cc3)ccc2c1)c1ccccc1.O=C(O)c1cnc2cc(NC(=O)c3ccccc3-c3ccc(C(F)(F)F)cc3)ccc2c1. The van der Waals surface area contributed by atoms with Crippen LogP contribution in [0.2, 0.25) is 0 Å². The highest BCUT2D eigenvalue weighted by atomic mass is 19.4. The number of aromatic nitrogens is 2. The largest absolute Gasteiger partial charge is 0.478 e. The van der Waals surface area contributed by atoms with Crippen LogP contribution in [-0.2, 0) is 17.1 Å². The lowest BCUT2D eigenvalue weighted by atomic mass is 9.98. The first-order chi connectivity index (χ1) is 37.3. The lowest BCUT2D eigenvalue weighted by Gasteiger charge is -2.26. The van der Waals surface area contributed by atoms with Crippen molar-refractivity contribution in [2.75, 3.05) is 23.7 Å². The van der Waals surface area contributed by atoms with Gasteiger partial charge in [0.25, 0.3) is 17.7 Å². The standard InChI is InChI=1S/C36H31F3N4O3.C24H15F3N2O3/c1-3-43(4-2)35(46)32(24-10-6-5-7-11-24)42-33(44)26-20-25-16-19-28(21-31(25)40-22-26)41-34(45)30-13-9-8-12-29(30)23-14-17-27(18-15-23)36(37,38)39;25-24(26,27)17-8-5-14(6-9-17)19-3-1-2-4-20(19)22(30)29-18-10-7-15-11-16(23(31)32)13-28-21(15)12-18/h5-22,32H,3-4H2,1-2H3,(H,41,45)(H,42,44);1-13H,(H,29,30)(H,31,32)/t32-;/m0./s1. The highest BCUT2D eigenvalue weighted by molar-refractivity contribution is 6.10. The number of halogens is 6. The lowest BCUT2D eigenvalue weighted by Crippen LogP contribution is -2.42. The van der Waals surface area contributed by atoms with Crippen LogP contribution in [0.4, 0.5) is 37.7 Å². The van der Waals surface area contributed by atoms with E-state index in [4.69, 9.17) is 5.11 Å². The Morgan fingerprint density at radius 2 is 0.936 bits per heavy atom. The molecule has 1 atom stereocenters. The third-order valence-corrected chi connectivity index (χ3v) is 12.5. The highest BCUT2D eigenvalue weighted by Crippen LogP contribution is 2.34. The van der Waals surface area contributed by atoms with E-state index in [1.165, 1.54) is 42.7 Å². The first-order valence-electron chi connectivity index (χ1n) is 24.1. The molecule has 0 saturated heterocycles. The number of carbonyl (C=O) groups is 5. The van der Waals surface area contributed by atoms with E-state index in [1.54, 1.807) is 108 Å². The molecule has 4 N–H and O–H groups in total. The summed E-state index contributed by atoms with van der Waals surface area (Å²) in [7, 11) is 0. The van der Waals surface area contributed by atoms with Gasteiger partial charge in [-0.1, -0.05) is 103 Å². The lowest BCUT2D eigenvalue weighted by molar-refractivity contribution is -0.138. The zero-order chi connectivity index (χ0) is 55.7. The molecule has 0 saturated carbocycles. The minimum absolute atomic E-state index is 0.0553. The number of benzene rings is 7. The summed E-state index contributed by atoms with van der Waals surface area (Å²) >= 11 is 0. The maximum atomic E-state index is 13.3. The fourth-order valence-electron chi connectivity index (χ4n) is 8.44. The molecule has 0 radical (unpaired) electrons. The number of pyridine rings is 2. The van der Waals surface area contributed by atoms with Crippen molar-refractivity contribution < 1.29 is 55.4 Å². The minimum Gasteiger partial charge on any atom is -0.478 e. The van der Waals surface area contributed by atoms with Crippen LogP contribution < -0.4 is 16.0 Å². The van der Waals surface area contributed by atoms with Gasteiger partial charge in [0.1, 0.15) is 6.04 Å². The molecule has 394 valence electrons. The van der Waals surface area contributed by atoms with E-state index in [0.29, 0.717) is 79.7 Å². The van der Waals surface area contributed by atoms with Crippen LogP contribution in [-0.4, -0.2) is 62.7 Å². The average molecular weight is 1060 g/mol. The first kappa shape index (κ1) is 54.5. The van der Waals surface area contributed by atoms with E-state index in [0.717, 1.165) is 24.3 Å². The Hall–Kier alpha value is -9.71. The number of carboxylic acids is 1. The molecular formula is C60H46F6N6O6. The molecular weight excluding hydrogens is 1010 g/mol. The van der Waals surface area contributed by atoms with E-state index in [9.17, 15) is 50.3 Å². The van der Waals surface area contributed by atoms with Crippen molar-refractivity contribution in [3.63, 3.8) is 0 Å². The third-order valence-electron chi connectivity index (χ3n) is 12.5. The molecule has 78 heavy (non-hydrogen) atoms. The molecule has 0 spiro atoms. The Morgan fingerprint density at radius 1 is 0.513 bits per heavy atom. The molecule has 9 aromatic rings. The normalized spacial score (nSPS) is 11.7. The Morgan fingerprint density at radius 3 is 1.37 bits per heavy atom. The van der Waals surface area contributed by atoms with Crippen molar-refractivity contribution in [3.05, 3.63) is 227 Å². The molecule has 4 amide bonds. The summed E-state index contributed by atoms with van der Waals surface area (Å²) in [5.74, 6) is -2.64. The monoisotopic (exact) mass is 1060 g/mol. The summed E-state index contributed by atoms with van der Waals surface area (Å²) in [4.78, 5) is 74.1. The Kier molecular flexibility index (Phi) is 16.4. The molecule has 0 aliphatic rings. The van der Waals surface area contributed by atoms with Crippen molar-refractivity contribution in [1.29, 1.82) is 0 Å². The number of amides is 4. The van der Waals surface area contributed by atoms with Crippen molar-refractivity contribution >= 4 is 62.8 Å². The zero-order valence-corrected chi connectivity index (χ0v) is 41.5. The van der Waals surface area contributed by atoms with Gasteiger partial charge in [-0.05, 0) is 114 Å². The number of carboxylic acid groups (broad SMARTS) is 1. The maximum Gasteiger partial charge on any atom is 0.416 e. The van der Waals surface area contributed by atoms with Gasteiger partial charge in [0.05, 0.1) is 33.3 Å². The topological polar surface area (TPSA) is 171 Å². The quantitative estimate of drug-likeness (QED) is 0.0827. The van der Waals surface area contributed by atoms with Crippen LogP contribution >= 0.6 is 0 Å². The first-order valence-corrected chi connectivity index (χ1v) is 24.1. The smallest absolute Gasteiger partial charge is 0.416 e. The van der Waals surface area contributed by atoms with Crippen molar-refractivity contribution in [1.82, 2.24) is 20.2 Å². The van der Waals surface area contributed by atoms with Crippen LogP contribution in [0.3, 0.4) is 0 Å². The van der Waals surface area contributed by atoms with Gasteiger partial charge in [0, 0.05) is 58.8 Å². The molecule has 12 nitrogen and oxygen atoms in total. The molecule has 0 fully saturated rings. The van der Waals surface area contributed by atoms with Gasteiger partial charge in [-0.2, -0.15) is 26.3 Å². The second kappa shape index (κ2) is 23.5. The number of likely N-dealkylation sites (N-methyl/N-ethyl adjacent to an activating group) is 1. The third kappa shape index (κ3) is 12.9. The summed E-state index contributed by atoms with van der Waals surface area (Å²) in [5.41, 5.74) is 3.86. The molecule has 2 aromatic heterocycles. The van der Waals surface area contributed by atoms with E-state index in [2.05, 4.69) is 25.9 Å². The summed E-state index contributed by atoms with van der Waals surface area (Å²) < 4.78 is 77.6. The number of anilines is 2. The summed E-state index contributed by atoms with van der Waals surface area (Å²) in [6.07, 6.45) is -6.26. The number of hydrogen-bond acceptors (Lipinski definition) is 7. The molecule has 0 aliphatic heterocycles. The second-order valence-electron chi connectivity index (χ2n) is 17.5. The van der Waals surface area contributed by atoms with Crippen LogP contribution in [0.1, 0.15) is 78.0 Å². The van der Waals surface area contributed by atoms with Gasteiger partial charge in [-0.25, -0.2) is 4.79 Å². The van der Waals surface area contributed by atoms with E-state index in [-0.39, 0.29) is 22.6 Å². The fraction of sp³-hybridized carbons (Fsp3) is 0.117. The summed E-state index contributed by atoms with van der Waals surface area (Å²) in [6.45, 7) is 4.78. The van der Waals surface area contributed by atoms with Crippen LogP contribution in [0, 0.1) is 0 Å². The number of rotatable bonds is 13. The molecule has 9 rings (SSSR count). The van der Waals surface area contributed by atoms with Crippen molar-refractivity contribution in [2.45, 2.75) is 32.2 Å². The zero-order valence-electron chi connectivity index (χ0n) is 41.5. The molecule has 2 heterocycles. The van der Waals surface area contributed by atoms with Gasteiger partial charge >= 0.3 is 18.3 Å². The predicted molar refractivity (Wildman–Crippen MR) is 285 cm³/mol. The summed E-state index contributed by atoms with van der Waals surface area (Å²) in [6, 6.07) is 43.8. The van der Waals surface area contributed by atoms with Crippen molar-refractivity contribution in [3.8, 4) is 22.3 Å². The molecule has 18 heteroatoms. The van der Waals surface area contributed by atoms with E-state index < -0.39 is 53.2 Å². The van der Waals surface area contributed by atoms with Gasteiger partial charge < -0.3 is 26.0 Å². The Bertz CT molecular complexity index is 3680. The number of nitrogens with one attached hydrogen (secondary N) is 3. The van der Waals surface area contributed by atoms with Gasteiger partial charge in [-0.3, -0.25) is 29.1 Å². The number of fused-ring (bicyclic) bond motifs is 2. The second-order valence-corrected chi connectivity index (χ2v) is 17.5. The molecule has 0 aliphatic carbocycles. The molecule has 0 unspecified atom stereocenters. The highest BCUT2D eigenvalue weighted by Gasteiger charge is 2.32. The number of carbonyl (C=O) groups excluding carboxylic acids is 4. The number of nitrogens with zero attached hydrogens (tertiary/aromatic N) is 3. The molecule has 7 aromatic carbocycles. The molecule has 0 bridgehead atoms. The number of hydrogen-bond donors (Lipinski definition) is 4. The van der Waals surface area contributed by atoms with E-state index in [1.807, 2.05) is 32.0 Å². The van der Waals surface area contributed by atoms with Gasteiger partial charge in [-0.15, -0.1) is 0 Å². The van der Waals surface area contributed by atoms with Crippen LogP contribution in [0.25, 0.3) is 44.1 Å². The van der Waals surface area contributed by atoms with Gasteiger partial charge in [0.2, 0.25) is 5.91 Å². The van der Waals surface area contributed by atoms with Gasteiger partial charge in [0.15, 0.2) is 0 Å². The van der Waals surface area contributed by atoms with E-state index >= 15 is 0 Å². The average Bonchev–Trinajstić information content (AvgIpc) is 3.45. The minimum atomic E-state index is -4.46. The van der Waals surface area contributed by atoms with Crippen LogP contribution in [0.15, 0.2) is 188 Å². The Labute approximate surface area is 442 Å². The fourth-order valence-corrected chi connectivity index (χ4v) is 8.44. The maximum absolute atomic E-state index is 13.3. The Balaban J connectivity index is 0.000000219. The predicted octanol–water partition coefficient (Wildman–Crippen LogP) is 13.4. The number of aromatic carboxylic acids is 1. The summed E-state index contributed by atoms with van der Waals surface area (Å²) in [5, 5.41) is 18.8. The number of alkyl halides is 6. The van der Waals surface area contributed by atoms with Crippen molar-refractivity contribution in [2.24, 2.45) is 0 Å².